The lowest BCUT2D eigenvalue weighted by atomic mass is 10.2. The first-order chi connectivity index (χ1) is 4.30. The van der Waals surface area contributed by atoms with Crippen LogP contribution in [-0.4, -0.2) is 0 Å². The monoisotopic (exact) mass is 184 g/mol. The van der Waals surface area contributed by atoms with Crippen LogP contribution in [0.4, 0.5) is 0 Å². The van der Waals surface area contributed by atoms with Gasteiger partial charge in [0.1, 0.15) is 0 Å². The number of hydrogen-bond donors (Lipinski definition) is 0. The molecule has 1 aromatic carbocycles. The van der Waals surface area contributed by atoms with E-state index in [0.717, 1.165) is 0 Å². The molecule has 0 amide bonds. The quantitative estimate of drug-likeness (QED) is 0.589. The van der Waals surface area contributed by atoms with Crippen molar-refractivity contribution in [2.24, 2.45) is 0 Å². The fourth-order valence-corrected chi connectivity index (χ4v) is 1.02. The molecule has 0 aromatic heterocycles. The number of benzene rings is 1. The van der Waals surface area contributed by atoms with Gasteiger partial charge in [0.2, 0.25) is 0 Å². The SMILES string of the molecule is C[C@@H](Br)c1ccccc1. The van der Waals surface area contributed by atoms with Crippen molar-refractivity contribution < 1.29 is 0 Å². The van der Waals surface area contributed by atoms with Crippen LogP contribution in [0.1, 0.15) is 17.3 Å². The van der Waals surface area contributed by atoms with Crippen LogP contribution < -0.4 is 0 Å². The highest BCUT2D eigenvalue weighted by Gasteiger charge is 1.95. The Bertz CT molecular complexity index is 167. The number of halogens is 1. The fourth-order valence-electron chi connectivity index (χ4n) is 0.718. The third-order valence-electron chi connectivity index (χ3n) is 1.26. The van der Waals surface area contributed by atoms with Gasteiger partial charge in [0, 0.05) is 4.83 Å². The molecule has 0 bridgehead atoms. The van der Waals surface area contributed by atoms with Crippen molar-refractivity contribution in [2.75, 3.05) is 0 Å². The standard InChI is InChI=1S/C8H9Br/c1-7(9)8-5-3-2-4-6-8/h2-7H,1H3/t7-/m1/s1. The van der Waals surface area contributed by atoms with Crippen LogP contribution >= 0.6 is 15.9 Å². The van der Waals surface area contributed by atoms with E-state index in [1.54, 1.807) is 0 Å². The molecule has 48 valence electrons. The third-order valence-corrected chi connectivity index (χ3v) is 1.79. The maximum Gasteiger partial charge on any atom is 0.0367 e. The molecule has 0 heterocycles. The highest BCUT2D eigenvalue weighted by atomic mass is 79.9. The molecule has 1 heteroatoms. The molecule has 0 nitrogen and oxygen atoms in total. The molecule has 0 saturated carbocycles. The molecule has 0 aliphatic heterocycles. The van der Waals surface area contributed by atoms with Crippen LogP contribution in [0.25, 0.3) is 0 Å². The van der Waals surface area contributed by atoms with E-state index in [9.17, 15) is 0 Å². The minimum Gasteiger partial charge on any atom is -0.0842 e. The first-order valence-electron chi connectivity index (χ1n) is 2.99. The van der Waals surface area contributed by atoms with E-state index < -0.39 is 0 Å². The lowest BCUT2D eigenvalue weighted by molar-refractivity contribution is 1.12. The zero-order valence-electron chi connectivity index (χ0n) is 5.34. The van der Waals surface area contributed by atoms with Crippen LogP contribution in [0.3, 0.4) is 0 Å². The van der Waals surface area contributed by atoms with Crippen LogP contribution in [0.5, 0.6) is 0 Å². The second-order valence-corrected chi connectivity index (χ2v) is 3.40. The molecule has 0 fully saturated rings. The smallest absolute Gasteiger partial charge is 0.0367 e. The Hall–Kier alpha value is -0.300. The molecule has 0 N–H and O–H groups in total. The van der Waals surface area contributed by atoms with Gasteiger partial charge in [-0.15, -0.1) is 0 Å². The van der Waals surface area contributed by atoms with E-state index in [2.05, 4.69) is 35.0 Å². The van der Waals surface area contributed by atoms with E-state index in [4.69, 9.17) is 0 Å². The molecule has 0 saturated heterocycles. The Morgan fingerprint density at radius 2 is 1.78 bits per heavy atom. The van der Waals surface area contributed by atoms with Crippen molar-refractivity contribution >= 4 is 15.9 Å². The summed E-state index contributed by atoms with van der Waals surface area (Å²) in [5.74, 6) is 0. The van der Waals surface area contributed by atoms with Crippen LogP contribution in [0, 0.1) is 0 Å². The molecule has 0 unspecified atom stereocenters. The summed E-state index contributed by atoms with van der Waals surface area (Å²) in [4.78, 5) is 0.471. The highest BCUT2D eigenvalue weighted by Crippen LogP contribution is 2.19. The molecule has 9 heavy (non-hydrogen) atoms. The van der Waals surface area contributed by atoms with E-state index in [-0.39, 0.29) is 0 Å². The van der Waals surface area contributed by atoms with Crippen molar-refractivity contribution in [3.8, 4) is 0 Å². The van der Waals surface area contributed by atoms with Gasteiger partial charge in [-0.25, -0.2) is 0 Å². The molecular formula is C8H9Br. The summed E-state index contributed by atoms with van der Waals surface area (Å²) < 4.78 is 0. The molecule has 0 aliphatic carbocycles. The summed E-state index contributed by atoms with van der Waals surface area (Å²) >= 11 is 3.48. The maximum atomic E-state index is 3.48. The normalized spacial score (nSPS) is 13.1. The van der Waals surface area contributed by atoms with E-state index >= 15 is 0 Å². The number of hydrogen-bond acceptors (Lipinski definition) is 0. The van der Waals surface area contributed by atoms with Crippen molar-refractivity contribution in [1.82, 2.24) is 0 Å². The second-order valence-electron chi connectivity index (χ2n) is 2.03. The first-order valence-corrected chi connectivity index (χ1v) is 3.91. The van der Waals surface area contributed by atoms with Gasteiger partial charge < -0.3 is 0 Å². The van der Waals surface area contributed by atoms with Gasteiger partial charge in [-0.3, -0.25) is 0 Å². The van der Waals surface area contributed by atoms with Crippen molar-refractivity contribution in [1.29, 1.82) is 0 Å². The summed E-state index contributed by atoms with van der Waals surface area (Å²) in [7, 11) is 0. The largest absolute Gasteiger partial charge is 0.0842 e. The van der Waals surface area contributed by atoms with Gasteiger partial charge >= 0.3 is 0 Å². The molecule has 0 spiro atoms. The van der Waals surface area contributed by atoms with E-state index in [1.165, 1.54) is 5.56 Å². The number of alkyl halides is 1. The van der Waals surface area contributed by atoms with Gasteiger partial charge in [-0.2, -0.15) is 0 Å². The lowest BCUT2D eigenvalue weighted by Gasteiger charge is -1.99. The molecular weight excluding hydrogens is 176 g/mol. The van der Waals surface area contributed by atoms with Crippen molar-refractivity contribution in [2.45, 2.75) is 11.8 Å². The minimum absolute atomic E-state index is 0.471. The average molecular weight is 185 g/mol. The van der Waals surface area contributed by atoms with E-state index in [1.807, 2.05) is 18.2 Å². The van der Waals surface area contributed by atoms with Gasteiger partial charge in [0.25, 0.3) is 0 Å². The van der Waals surface area contributed by atoms with Gasteiger partial charge in [-0.05, 0) is 12.5 Å². The van der Waals surface area contributed by atoms with Crippen molar-refractivity contribution in [3.63, 3.8) is 0 Å². The Kier molecular flexibility index (Phi) is 2.29. The molecule has 1 rings (SSSR count). The maximum absolute atomic E-state index is 3.48. The van der Waals surface area contributed by atoms with E-state index in [0.29, 0.717) is 4.83 Å². The van der Waals surface area contributed by atoms with Gasteiger partial charge in [0.15, 0.2) is 0 Å². The predicted octanol–water partition coefficient (Wildman–Crippen LogP) is 3.14. The molecule has 1 aromatic rings. The molecule has 1 atom stereocenters. The average Bonchev–Trinajstić information content (AvgIpc) is 1.90. The van der Waals surface area contributed by atoms with Gasteiger partial charge in [-0.1, -0.05) is 46.3 Å². The Labute approximate surface area is 64.0 Å². The Morgan fingerprint density at radius 3 is 2.11 bits per heavy atom. The third kappa shape index (κ3) is 1.83. The summed E-state index contributed by atoms with van der Waals surface area (Å²) in [6.45, 7) is 2.12. The number of rotatable bonds is 1. The summed E-state index contributed by atoms with van der Waals surface area (Å²) in [6, 6.07) is 10.3. The Balaban J connectivity index is 2.85. The minimum atomic E-state index is 0.471. The first kappa shape index (κ1) is 6.81. The Morgan fingerprint density at radius 1 is 1.22 bits per heavy atom. The fraction of sp³-hybridized carbons (Fsp3) is 0.250. The summed E-state index contributed by atoms with van der Waals surface area (Å²) in [5.41, 5.74) is 1.33. The van der Waals surface area contributed by atoms with Crippen molar-refractivity contribution in [3.05, 3.63) is 35.9 Å². The second kappa shape index (κ2) is 3.02. The van der Waals surface area contributed by atoms with Crippen LogP contribution in [-0.2, 0) is 0 Å². The summed E-state index contributed by atoms with van der Waals surface area (Å²) in [5, 5.41) is 0. The van der Waals surface area contributed by atoms with Crippen LogP contribution in [0.2, 0.25) is 0 Å². The highest BCUT2D eigenvalue weighted by molar-refractivity contribution is 9.09. The predicted molar refractivity (Wildman–Crippen MR) is 43.8 cm³/mol. The van der Waals surface area contributed by atoms with Gasteiger partial charge in [0.05, 0.1) is 0 Å². The summed E-state index contributed by atoms with van der Waals surface area (Å²) in [6.07, 6.45) is 0. The molecule has 0 aliphatic rings. The topological polar surface area (TPSA) is 0 Å². The molecule has 0 radical (unpaired) electrons. The van der Waals surface area contributed by atoms with Crippen LogP contribution in [0.15, 0.2) is 30.3 Å². The lowest BCUT2D eigenvalue weighted by Crippen LogP contribution is -1.79. The zero-order valence-corrected chi connectivity index (χ0v) is 6.93. The zero-order chi connectivity index (χ0) is 6.69.